The average molecular weight is 428 g/mol. The third-order valence-corrected chi connectivity index (χ3v) is 4.61. The molecule has 2 aromatic heterocycles. The number of aromatic nitrogens is 2. The molecule has 31 heavy (non-hydrogen) atoms. The van der Waals surface area contributed by atoms with Gasteiger partial charge in [-0.25, -0.2) is 13.2 Å². The molecular formula is C22H19F3N4O2. The Kier molecular flexibility index (Phi) is 6.64. The Hall–Kier alpha value is -3.75. The molecule has 1 aromatic carbocycles. The van der Waals surface area contributed by atoms with E-state index in [9.17, 15) is 22.8 Å². The van der Waals surface area contributed by atoms with Crippen LogP contribution in [0.25, 0.3) is 0 Å². The van der Waals surface area contributed by atoms with Crippen molar-refractivity contribution in [3.63, 3.8) is 0 Å². The van der Waals surface area contributed by atoms with Crippen LogP contribution in [0.4, 0.5) is 24.5 Å². The van der Waals surface area contributed by atoms with Crippen LogP contribution in [0.15, 0.2) is 54.9 Å². The molecule has 2 amide bonds. The molecule has 9 heteroatoms. The predicted molar refractivity (Wildman–Crippen MR) is 109 cm³/mol. The highest BCUT2D eigenvalue weighted by molar-refractivity contribution is 5.98. The van der Waals surface area contributed by atoms with Crippen molar-refractivity contribution in [3.05, 3.63) is 83.7 Å². The molecule has 2 heterocycles. The van der Waals surface area contributed by atoms with E-state index < -0.39 is 41.1 Å². The van der Waals surface area contributed by atoms with E-state index in [2.05, 4.69) is 20.6 Å². The highest BCUT2D eigenvalue weighted by Crippen LogP contribution is 2.24. The summed E-state index contributed by atoms with van der Waals surface area (Å²) in [5, 5.41) is 4.97. The Labute approximate surface area is 176 Å². The number of hydrogen-bond donors (Lipinski definition) is 2. The van der Waals surface area contributed by atoms with Crippen LogP contribution in [0.1, 0.15) is 37.1 Å². The minimum atomic E-state index is -0.935. The van der Waals surface area contributed by atoms with Crippen molar-refractivity contribution in [1.82, 2.24) is 9.97 Å². The van der Waals surface area contributed by atoms with Crippen molar-refractivity contribution in [2.24, 2.45) is 0 Å². The molecule has 2 atom stereocenters. The number of rotatable bonds is 6. The van der Waals surface area contributed by atoms with Gasteiger partial charge in [-0.2, -0.15) is 0 Å². The minimum absolute atomic E-state index is 0.0452. The Morgan fingerprint density at radius 3 is 1.58 bits per heavy atom. The highest BCUT2D eigenvalue weighted by Gasteiger charge is 2.22. The first-order valence-electron chi connectivity index (χ1n) is 9.39. The number of nitrogens with zero attached hydrogens (tertiary/aromatic N) is 2. The van der Waals surface area contributed by atoms with Crippen LogP contribution in [0, 0.1) is 17.5 Å². The maximum Gasteiger partial charge on any atom is 0.233 e. The maximum absolute atomic E-state index is 14.1. The lowest BCUT2D eigenvalue weighted by atomic mass is 10.1. The van der Waals surface area contributed by atoms with E-state index in [1.165, 1.54) is 56.6 Å². The van der Waals surface area contributed by atoms with Crippen molar-refractivity contribution in [2.45, 2.75) is 25.7 Å². The fraction of sp³-hybridized carbons (Fsp3) is 0.182. The summed E-state index contributed by atoms with van der Waals surface area (Å²) in [6, 6.07) is 8.63. The molecule has 0 saturated carbocycles. The van der Waals surface area contributed by atoms with E-state index in [1.54, 1.807) is 0 Å². The summed E-state index contributed by atoms with van der Waals surface area (Å²) in [5.41, 5.74) is 0.0209. The van der Waals surface area contributed by atoms with Crippen LogP contribution in [0.2, 0.25) is 0 Å². The number of halogens is 3. The fourth-order valence-electron chi connectivity index (χ4n) is 2.92. The zero-order chi connectivity index (χ0) is 22.5. The number of amides is 2. The second-order valence-corrected chi connectivity index (χ2v) is 6.89. The van der Waals surface area contributed by atoms with E-state index in [0.29, 0.717) is 0 Å². The number of carbonyl (C=O) groups is 2. The van der Waals surface area contributed by atoms with Crippen molar-refractivity contribution < 1.29 is 22.8 Å². The Morgan fingerprint density at radius 1 is 0.774 bits per heavy atom. The van der Waals surface area contributed by atoms with Gasteiger partial charge >= 0.3 is 0 Å². The van der Waals surface area contributed by atoms with Gasteiger partial charge in [0.1, 0.15) is 17.5 Å². The van der Waals surface area contributed by atoms with Crippen LogP contribution in [-0.2, 0) is 9.59 Å². The van der Waals surface area contributed by atoms with E-state index >= 15 is 0 Å². The molecule has 3 rings (SSSR count). The number of hydrogen-bond acceptors (Lipinski definition) is 4. The van der Waals surface area contributed by atoms with Gasteiger partial charge in [0.05, 0.1) is 23.2 Å². The molecule has 0 fully saturated rings. The normalized spacial score (nSPS) is 12.7. The number of anilines is 2. The molecule has 160 valence electrons. The number of nitrogens with one attached hydrogen (secondary N) is 2. The van der Waals surface area contributed by atoms with Gasteiger partial charge in [-0.05, 0) is 56.3 Å². The zero-order valence-electron chi connectivity index (χ0n) is 16.7. The van der Waals surface area contributed by atoms with Crippen LogP contribution in [0.3, 0.4) is 0 Å². The summed E-state index contributed by atoms with van der Waals surface area (Å²) < 4.78 is 41.8. The van der Waals surface area contributed by atoms with Crippen LogP contribution in [-0.4, -0.2) is 21.8 Å². The zero-order valence-corrected chi connectivity index (χ0v) is 16.7. The monoisotopic (exact) mass is 428 g/mol. The number of pyridine rings is 2. The van der Waals surface area contributed by atoms with Gasteiger partial charge in [0.2, 0.25) is 11.8 Å². The van der Waals surface area contributed by atoms with Gasteiger partial charge in [0, 0.05) is 23.8 Å². The van der Waals surface area contributed by atoms with Gasteiger partial charge < -0.3 is 10.6 Å². The summed E-state index contributed by atoms with van der Waals surface area (Å²) in [7, 11) is 0. The summed E-state index contributed by atoms with van der Waals surface area (Å²) in [5.74, 6) is -5.07. The Balaban J connectivity index is 1.74. The van der Waals surface area contributed by atoms with Crippen molar-refractivity contribution in [1.29, 1.82) is 0 Å². The van der Waals surface area contributed by atoms with Gasteiger partial charge in [-0.15, -0.1) is 0 Å². The summed E-state index contributed by atoms with van der Waals surface area (Å²) in [4.78, 5) is 32.7. The lowest BCUT2D eigenvalue weighted by Crippen LogP contribution is -2.22. The lowest BCUT2D eigenvalue weighted by Gasteiger charge is -2.15. The standard InChI is InChI=1S/C22H19F3N4O2/c1-12(19-17(24)5-3-7-26-19)21(30)28-15-9-14(23)10-16(11-15)29-22(31)13(2)20-18(25)6-4-8-27-20/h3-13H,1-2H3,(H,28,30)(H,29,31). The number of carbonyl (C=O) groups excluding carboxylic acids is 2. The molecule has 0 aliphatic rings. The second kappa shape index (κ2) is 9.38. The number of benzene rings is 1. The highest BCUT2D eigenvalue weighted by atomic mass is 19.1. The molecule has 0 aliphatic carbocycles. The average Bonchev–Trinajstić information content (AvgIpc) is 2.73. The molecule has 0 bridgehead atoms. The quantitative estimate of drug-likeness (QED) is 0.610. The molecule has 0 aliphatic heterocycles. The largest absolute Gasteiger partial charge is 0.325 e. The van der Waals surface area contributed by atoms with Gasteiger partial charge in [0.25, 0.3) is 0 Å². The third kappa shape index (κ3) is 5.25. The predicted octanol–water partition coefficient (Wildman–Crippen LogP) is 4.38. The molecule has 0 spiro atoms. The van der Waals surface area contributed by atoms with Crippen molar-refractivity contribution in [2.75, 3.05) is 10.6 Å². The van der Waals surface area contributed by atoms with Crippen molar-refractivity contribution >= 4 is 23.2 Å². The first-order valence-corrected chi connectivity index (χ1v) is 9.39. The molecule has 0 saturated heterocycles. The van der Waals surface area contributed by atoms with Crippen LogP contribution in [0.5, 0.6) is 0 Å². The second-order valence-electron chi connectivity index (χ2n) is 6.89. The van der Waals surface area contributed by atoms with E-state index in [1.807, 2.05) is 0 Å². The van der Waals surface area contributed by atoms with Gasteiger partial charge in [0.15, 0.2) is 0 Å². The first kappa shape index (κ1) is 21.9. The third-order valence-electron chi connectivity index (χ3n) is 4.61. The fourth-order valence-corrected chi connectivity index (χ4v) is 2.92. The molecular weight excluding hydrogens is 409 g/mol. The molecule has 0 radical (unpaired) electrons. The van der Waals surface area contributed by atoms with Gasteiger partial charge in [-0.1, -0.05) is 0 Å². The minimum Gasteiger partial charge on any atom is -0.325 e. The van der Waals surface area contributed by atoms with Crippen LogP contribution < -0.4 is 10.6 Å². The first-order chi connectivity index (χ1) is 14.8. The van der Waals surface area contributed by atoms with E-state index in [0.717, 1.165) is 12.1 Å². The molecule has 2 N–H and O–H groups in total. The summed E-state index contributed by atoms with van der Waals surface area (Å²) in [6.45, 7) is 2.93. The lowest BCUT2D eigenvalue weighted by molar-refractivity contribution is -0.118. The summed E-state index contributed by atoms with van der Waals surface area (Å²) in [6.07, 6.45) is 2.73. The van der Waals surface area contributed by atoms with E-state index in [4.69, 9.17) is 0 Å². The Bertz CT molecular complexity index is 1040. The van der Waals surface area contributed by atoms with Crippen LogP contribution >= 0.6 is 0 Å². The van der Waals surface area contributed by atoms with E-state index in [-0.39, 0.29) is 22.8 Å². The topological polar surface area (TPSA) is 84.0 Å². The molecule has 6 nitrogen and oxygen atoms in total. The smallest absolute Gasteiger partial charge is 0.233 e. The van der Waals surface area contributed by atoms with Gasteiger partial charge in [-0.3, -0.25) is 19.6 Å². The Morgan fingerprint density at radius 2 is 1.19 bits per heavy atom. The SMILES string of the molecule is CC(C(=O)Nc1cc(F)cc(NC(=O)C(C)c2ncccc2F)c1)c1ncccc1F. The maximum atomic E-state index is 14.1. The molecule has 2 unspecified atom stereocenters. The van der Waals surface area contributed by atoms with Crippen molar-refractivity contribution in [3.8, 4) is 0 Å². The molecule has 3 aromatic rings. The summed E-state index contributed by atoms with van der Waals surface area (Å²) >= 11 is 0.